The fraction of sp³-hybridized carbons (Fsp3) is 0.300. The summed E-state index contributed by atoms with van der Waals surface area (Å²) >= 11 is 0. The summed E-state index contributed by atoms with van der Waals surface area (Å²) in [7, 11) is 1.78. The predicted octanol–water partition coefficient (Wildman–Crippen LogP) is 1.47. The Bertz CT molecular complexity index is 354. The third kappa shape index (κ3) is 1.61. The van der Waals surface area contributed by atoms with Crippen molar-refractivity contribution in [2.24, 2.45) is 5.73 Å². The maximum absolute atomic E-state index is 11.4. The quantitative estimate of drug-likeness (QED) is 0.708. The van der Waals surface area contributed by atoms with E-state index in [9.17, 15) is 4.79 Å². The van der Waals surface area contributed by atoms with Crippen LogP contribution < -0.4 is 10.6 Å². The molecule has 2 rings (SSSR count). The number of halogens is 1. The normalized spacial score (nSPS) is 20.0. The summed E-state index contributed by atoms with van der Waals surface area (Å²) in [6.45, 7) is 0. The number of hydrogen-bond donors (Lipinski definition) is 1. The molecule has 4 heteroatoms. The van der Waals surface area contributed by atoms with Crippen molar-refractivity contribution >= 4 is 24.0 Å². The highest BCUT2D eigenvalue weighted by molar-refractivity contribution is 5.96. The van der Waals surface area contributed by atoms with Crippen LogP contribution in [0.15, 0.2) is 24.3 Å². The molecule has 1 atom stereocenters. The Morgan fingerprint density at radius 2 is 2.07 bits per heavy atom. The molecule has 0 saturated carbocycles. The lowest BCUT2D eigenvalue weighted by Gasteiger charge is -2.29. The van der Waals surface area contributed by atoms with Crippen molar-refractivity contribution in [2.45, 2.75) is 12.5 Å². The SMILES string of the molecule is CN1C(=O)CC(N)c2ccccc21.Cl. The molecule has 0 fully saturated rings. The number of hydrogen-bond acceptors (Lipinski definition) is 2. The molecule has 76 valence electrons. The molecule has 1 aliphatic rings. The number of rotatable bonds is 0. The number of para-hydroxylation sites is 1. The van der Waals surface area contributed by atoms with Gasteiger partial charge in [0.1, 0.15) is 0 Å². The maximum Gasteiger partial charge on any atom is 0.228 e. The molecule has 0 aliphatic carbocycles. The third-order valence-electron chi connectivity index (χ3n) is 2.47. The van der Waals surface area contributed by atoms with Crippen LogP contribution in [-0.2, 0) is 4.79 Å². The topological polar surface area (TPSA) is 46.3 Å². The monoisotopic (exact) mass is 212 g/mol. The molecular weight excluding hydrogens is 200 g/mol. The van der Waals surface area contributed by atoms with Crippen LogP contribution in [0, 0.1) is 0 Å². The van der Waals surface area contributed by atoms with Gasteiger partial charge in [-0.2, -0.15) is 0 Å². The highest BCUT2D eigenvalue weighted by Gasteiger charge is 2.25. The summed E-state index contributed by atoms with van der Waals surface area (Å²) in [5.74, 6) is 0.0891. The van der Waals surface area contributed by atoms with Crippen LogP contribution in [0.4, 0.5) is 5.69 Å². The first kappa shape index (κ1) is 11.0. The van der Waals surface area contributed by atoms with Crippen LogP contribution in [0.2, 0.25) is 0 Å². The summed E-state index contributed by atoms with van der Waals surface area (Å²) in [5.41, 5.74) is 7.85. The van der Waals surface area contributed by atoms with Crippen molar-refractivity contribution in [3.8, 4) is 0 Å². The summed E-state index contributed by atoms with van der Waals surface area (Å²) in [4.78, 5) is 13.1. The van der Waals surface area contributed by atoms with Crippen molar-refractivity contribution in [3.05, 3.63) is 29.8 Å². The minimum Gasteiger partial charge on any atom is -0.323 e. The first-order valence-electron chi connectivity index (χ1n) is 4.31. The Morgan fingerprint density at radius 3 is 2.79 bits per heavy atom. The average Bonchev–Trinajstić information content (AvgIpc) is 2.15. The molecule has 14 heavy (non-hydrogen) atoms. The van der Waals surface area contributed by atoms with E-state index in [0.29, 0.717) is 6.42 Å². The van der Waals surface area contributed by atoms with Crippen LogP contribution in [0.25, 0.3) is 0 Å². The van der Waals surface area contributed by atoms with Gasteiger partial charge in [0.05, 0.1) is 0 Å². The molecule has 1 aromatic rings. The molecule has 2 N–H and O–H groups in total. The number of carbonyl (C=O) groups is 1. The van der Waals surface area contributed by atoms with Gasteiger partial charge in [-0.05, 0) is 11.6 Å². The van der Waals surface area contributed by atoms with Crippen LogP contribution in [0.3, 0.4) is 0 Å². The second-order valence-electron chi connectivity index (χ2n) is 3.32. The zero-order valence-electron chi connectivity index (χ0n) is 7.93. The zero-order valence-corrected chi connectivity index (χ0v) is 8.75. The number of nitrogens with two attached hydrogens (primary N) is 1. The van der Waals surface area contributed by atoms with E-state index in [1.807, 2.05) is 24.3 Å². The molecule has 1 heterocycles. The first-order chi connectivity index (χ1) is 6.20. The Morgan fingerprint density at radius 1 is 1.43 bits per heavy atom. The van der Waals surface area contributed by atoms with E-state index in [4.69, 9.17) is 5.73 Å². The van der Waals surface area contributed by atoms with Crippen molar-refractivity contribution < 1.29 is 4.79 Å². The predicted molar refractivity (Wildman–Crippen MR) is 58.6 cm³/mol. The molecule has 0 saturated heterocycles. The molecule has 0 radical (unpaired) electrons. The van der Waals surface area contributed by atoms with Gasteiger partial charge < -0.3 is 10.6 Å². The minimum atomic E-state index is -0.139. The third-order valence-corrected chi connectivity index (χ3v) is 2.47. The van der Waals surface area contributed by atoms with Gasteiger partial charge in [-0.15, -0.1) is 12.4 Å². The smallest absolute Gasteiger partial charge is 0.228 e. The van der Waals surface area contributed by atoms with Crippen molar-refractivity contribution in [3.63, 3.8) is 0 Å². The van der Waals surface area contributed by atoms with Gasteiger partial charge in [0, 0.05) is 25.2 Å². The van der Waals surface area contributed by atoms with E-state index in [1.54, 1.807) is 11.9 Å². The molecule has 1 unspecified atom stereocenters. The second-order valence-corrected chi connectivity index (χ2v) is 3.32. The largest absolute Gasteiger partial charge is 0.323 e. The zero-order chi connectivity index (χ0) is 9.42. The lowest BCUT2D eigenvalue weighted by molar-refractivity contribution is -0.119. The van der Waals surface area contributed by atoms with E-state index in [1.165, 1.54) is 0 Å². The Balaban J connectivity index is 0.000000980. The number of amides is 1. The molecule has 0 bridgehead atoms. The highest BCUT2D eigenvalue weighted by atomic mass is 35.5. The second kappa shape index (κ2) is 3.98. The fourth-order valence-electron chi connectivity index (χ4n) is 1.68. The number of nitrogens with zero attached hydrogens (tertiary/aromatic N) is 1. The van der Waals surface area contributed by atoms with Gasteiger partial charge in [0.2, 0.25) is 5.91 Å². The summed E-state index contributed by atoms with van der Waals surface area (Å²) in [5, 5.41) is 0. The summed E-state index contributed by atoms with van der Waals surface area (Å²) < 4.78 is 0. The molecule has 0 spiro atoms. The van der Waals surface area contributed by atoms with Gasteiger partial charge in [-0.1, -0.05) is 18.2 Å². The fourth-order valence-corrected chi connectivity index (χ4v) is 1.68. The van der Waals surface area contributed by atoms with Gasteiger partial charge in [0.25, 0.3) is 0 Å². The van der Waals surface area contributed by atoms with Crippen LogP contribution in [0.5, 0.6) is 0 Å². The molecule has 0 aromatic heterocycles. The van der Waals surface area contributed by atoms with Gasteiger partial charge in [-0.3, -0.25) is 4.79 Å². The number of fused-ring (bicyclic) bond motifs is 1. The van der Waals surface area contributed by atoms with Crippen LogP contribution in [-0.4, -0.2) is 13.0 Å². The molecule has 1 amide bonds. The minimum absolute atomic E-state index is 0. The maximum atomic E-state index is 11.4. The van der Waals surface area contributed by atoms with E-state index >= 15 is 0 Å². The molecule has 1 aromatic carbocycles. The van der Waals surface area contributed by atoms with E-state index in [-0.39, 0.29) is 24.4 Å². The lowest BCUT2D eigenvalue weighted by atomic mass is 9.97. The molecule has 3 nitrogen and oxygen atoms in total. The first-order valence-corrected chi connectivity index (χ1v) is 4.31. The number of benzene rings is 1. The summed E-state index contributed by atoms with van der Waals surface area (Å²) in [6.07, 6.45) is 0.410. The van der Waals surface area contributed by atoms with E-state index in [0.717, 1.165) is 11.3 Å². The number of carbonyl (C=O) groups excluding carboxylic acids is 1. The standard InChI is InChI=1S/C10H12N2O.ClH/c1-12-9-5-3-2-4-7(9)8(11)6-10(12)13;/h2-5,8H,6,11H2,1H3;1H. The number of anilines is 1. The molecule has 1 aliphatic heterocycles. The van der Waals surface area contributed by atoms with Crippen molar-refractivity contribution in [1.82, 2.24) is 0 Å². The Labute approximate surface area is 89.3 Å². The lowest BCUT2D eigenvalue weighted by Crippen LogP contribution is -2.35. The van der Waals surface area contributed by atoms with Crippen molar-refractivity contribution in [1.29, 1.82) is 0 Å². The van der Waals surface area contributed by atoms with Crippen LogP contribution >= 0.6 is 12.4 Å². The Hall–Kier alpha value is -1.06. The van der Waals surface area contributed by atoms with E-state index in [2.05, 4.69) is 0 Å². The highest BCUT2D eigenvalue weighted by Crippen LogP contribution is 2.31. The van der Waals surface area contributed by atoms with Gasteiger partial charge >= 0.3 is 0 Å². The van der Waals surface area contributed by atoms with E-state index < -0.39 is 0 Å². The molecular formula is C10H13ClN2O. The average molecular weight is 213 g/mol. The van der Waals surface area contributed by atoms with Gasteiger partial charge in [-0.25, -0.2) is 0 Å². The van der Waals surface area contributed by atoms with Crippen LogP contribution in [0.1, 0.15) is 18.0 Å². The Kier molecular flexibility index (Phi) is 3.13. The van der Waals surface area contributed by atoms with Crippen molar-refractivity contribution in [2.75, 3.05) is 11.9 Å². The summed E-state index contributed by atoms with van der Waals surface area (Å²) in [6, 6.07) is 7.62. The van der Waals surface area contributed by atoms with Gasteiger partial charge in [0.15, 0.2) is 0 Å².